The SMILES string of the molecule is COc1ccc2c(c1)c(C(=O)Nc1ncn[nH]1)cn2C. The van der Waals surface area contributed by atoms with Gasteiger partial charge in [-0.2, -0.15) is 10.1 Å². The minimum atomic E-state index is -0.249. The fourth-order valence-electron chi connectivity index (χ4n) is 2.12. The van der Waals surface area contributed by atoms with Gasteiger partial charge in [0.1, 0.15) is 12.1 Å². The lowest BCUT2D eigenvalue weighted by Crippen LogP contribution is -2.12. The average Bonchev–Trinajstić information content (AvgIpc) is 3.07. The van der Waals surface area contributed by atoms with Crippen LogP contribution in [0.25, 0.3) is 10.9 Å². The monoisotopic (exact) mass is 271 g/mol. The molecule has 0 aliphatic rings. The summed E-state index contributed by atoms with van der Waals surface area (Å²) >= 11 is 0. The molecule has 0 saturated heterocycles. The highest BCUT2D eigenvalue weighted by Gasteiger charge is 2.15. The summed E-state index contributed by atoms with van der Waals surface area (Å²) in [6.07, 6.45) is 3.11. The van der Waals surface area contributed by atoms with Crippen molar-refractivity contribution in [3.8, 4) is 5.75 Å². The molecule has 2 aromatic heterocycles. The van der Waals surface area contributed by atoms with Crippen molar-refractivity contribution in [3.05, 3.63) is 36.3 Å². The van der Waals surface area contributed by atoms with Gasteiger partial charge in [-0.3, -0.25) is 10.1 Å². The van der Waals surface area contributed by atoms with E-state index >= 15 is 0 Å². The van der Waals surface area contributed by atoms with Gasteiger partial charge in [0.05, 0.1) is 12.7 Å². The maximum Gasteiger partial charge on any atom is 0.260 e. The second-order valence-corrected chi connectivity index (χ2v) is 4.32. The van der Waals surface area contributed by atoms with Crippen LogP contribution in [0.5, 0.6) is 5.75 Å². The zero-order chi connectivity index (χ0) is 14.1. The topological polar surface area (TPSA) is 84.8 Å². The largest absolute Gasteiger partial charge is 0.497 e. The summed E-state index contributed by atoms with van der Waals surface area (Å²) < 4.78 is 7.10. The average molecular weight is 271 g/mol. The molecule has 102 valence electrons. The number of ether oxygens (including phenoxy) is 1. The number of H-pyrrole nitrogens is 1. The third kappa shape index (κ3) is 1.99. The molecule has 0 atom stereocenters. The molecular formula is C13H13N5O2. The number of rotatable bonds is 3. The van der Waals surface area contributed by atoms with E-state index < -0.39 is 0 Å². The molecule has 0 unspecified atom stereocenters. The molecule has 0 aliphatic carbocycles. The van der Waals surface area contributed by atoms with Gasteiger partial charge in [0, 0.05) is 24.1 Å². The highest BCUT2D eigenvalue weighted by Crippen LogP contribution is 2.25. The molecule has 0 bridgehead atoms. The summed E-state index contributed by atoms with van der Waals surface area (Å²) in [4.78, 5) is 16.2. The molecule has 20 heavy (non-hydrogen) atoms. The summed E-state index contributed by atoms with van der Waals surface area (Å²) in [5.41, 5.74) is 1.51. The molecule has 0 spiro atoms. The Kier molecular flexibility index (Phi) is 2.86. The fraction of sp³-hybridized carbons (Fsp3) is 0.154. The highest BCUT2D eigenvalue weighted by molar-refractivity contribution is 6.12. The molecule has 7 nitrogen and oxygen atoms in total. The first-order chi connectivity index (χ1) is 9.69. The fourth-order valence-corrected chi connectivity index (χ4v) is 2.12. The van der Waals surface area contributed by atoms with Gasteiger partial charge in [0.25, 0.3) is 5.91 Å². The Hall–Kier alpha value is -2.83. The molecule has 2 N–H and O–H groups in total. The number of carbonyl (C=O) groups excluding carboxylic acids is 1. The van der Waals surface area contributed by atoms with Crippen LogP contribution in [0.3, 0.4) is 0 Å². The number of methoxy groups -OCH3 is 1. The second kappa shape index (κ2) is 4.69. The Morgan fingerprint density at radius 2 is 2.30 bits per heavy atom. The van der Waals surface area contributed by atoms with Gasteiger partial charge in [-0.15, -0.1) is 0 Å². The van der Waals surface area contributed by atoms with E-state index in [1.807, 2.05) is 29.8 Å². The van der Waals surface area contributed by atoms with Crippen LogP contribution in [0.4, 0.5) is 5.95 Å². The predicted octanol–water partition coefficient (Wildman–Crippen LogP) is 1.56. The van der Waals surface area contributed by atoms with Crippen LogP contribution in [0, 0.1) is 0 Å². The Labute approximate surface area is 114 Å². The van der Waals surface area contributed by atoms with E-state index in [0.29, 0.717) is 17.3 Å². The Balaban J connectivity index is 2.04. The normalized spacial score (nSPS) is 10.7. The van der Waals surface area contributed by atoms with Gasteiger partial charge in [0.15, 0.2) is 0 Å². The number of aromatic amines is 1. The maximum atomic E-state index is 12.3. The first-order valence-electron chi connectivity index (χ1n) is 5.99. The molecule has 1 aromatic carbocycles. The number of amides is 1. The zero-order valence-electron chi connectivity index (χ0n) is 11.0. The third-order valence-electron chi connectivity index (χ3n) is 3.09. The maximum absolute atomic E-state index is 12.3. The number of anilines is 1. The van der Waals surface area contributed by atoms with E-state index in [1.54, 1.807) is 13.3 Å². The number of carbonyl (C=O) groups is 1. The zero-order valence-corrected chi connectivity index (χ0v) is 11.0. The van der Waals surface area contributed by atoms with E-state index in [2.05, 4.69) is 20.5 Å². The second-order valence-electron chi connectivity index (χ2n) is 4.32. The lowest BCUT2D eigenvalue weighted by Gasteiger charge is -2.02. The van der Waals surface area contributed by atoms with Crippen molar-refractivity contribution in [2.24, 2.45) is 7.05 Å². The van der Waals surface area contributed by atoms with Crippen molar-refractivity contribution in [2.75, 3.05) is 12.4 Å². The van der Waals surface area contributed by atoms with Crippen LogP contribution in [0.15, 0.2) is 30.7 Å². The van der Waals surface area contributed by atoms with Crippen molar-refractivity contribution in [3.63, 3.8) is 0 Å². The minimum absolute atomic E-state index is 0.249. The lowest BCUT2D eigenvalue weighted by molar-refractivity contribution is 0.102. The number of benzene rings is 1. The number of fused-ring (bicyclic) bond motifs is 1. The van der Waals surface area contributed by atoms with Crippen LogP contribution in [-0.4, -0.2) is 32.8 Å². The molecule has 3 aromatic rings. The lowest BCUT2D eigenvalue weighted by atomic mass is 10.1. The summed E-state index contributed by atoms with van der Waals surface area (Å²) in [5.74, 6) is 0.771. The third-order valence-corrected chi connectivity index (χ3v) is 3.09. The first kappa shape index (κ1) is 12.2. The Morgan fingerprint density at radius 1 is 1.45 bits per heavy atom. The smallest absolute Gasteiger partial charge is 0.260 e. The van der Waals surface area contributed by atoms with Gasteiger partial charge < -0.3 is 9.30 Å². The van der Waals surface area contributed by atoms with E-state index in [0.717, 1.165) is 10.9 Å². The van der Waals surface area contributed by atoms with Crippen molar-refractivity contribution in [2.45, 2.75) is 0 Å². The number of aromatic nitrogens is 4. The van der Waals surface area contributed by atoms with Gasteiger partial charge in [-0.25, -0.2) is 5.10 Å². The number of hydrogen-bond acceptors (Lipinski definition) is 4. The van der Waals surface area contributed by atoms with E-state index in [9.17, 15) is 4.79 Å². The van der Waals surface area contributed by atoms with Crippen LogP contribution in [0.2, 0.25) is 0 Å². The number of nitrogens with one attached hydrogen (secondary N) is 2. The van der Waals surface area contributed by atoms with Crippen molar-refractivity contribution in [1.82, 2.24) is 19.7 Å². The molecule has 0 aliphatic heterocycles. The Bertz CT molecular complexity index is 761. The molecule has 0 saturated carbocycles. The quantitative estimate of drug-likeness (QED) is 0.757. The van der Waals surface area contributed by atoms with Crippen LogP contribution < -0.4 is 10.1 Å². The molecule has 2 heterocycles. The molecule has 7 heteroatoms. The van der Waals surface area contributed by atoms with Crippen molar-refractivity contribution < 1.29 is 9.53 Å². The molecule has 0 fully saturated rings. The standard InChI is InChI=1S/C13H13N5O2/c1-18-6-10(12(19)16-13-14-7-15-17-13)9-5-8(20-2)3-4-11(9)18/h3-7H,1-2H3,(H2,14,15,16,17,19). The number of aryl methyl sites for hydroxylation is 1. The molecule has 3 rings (SSSR count). The first-order valence-corrected chi connectivity index (χ1v) is 5.99. The van der Waals surface area contributed by atoms with Gasteiger partial charge >= 0.3 is 0 Å². The van der Waals surface area contributed by atoms with Crippen LogP contribution in [0.1, 0.15) is 10.4 Å². The number of nitrogens with zero attached hydrogens (tertiary/aromatic N) is 3. The Morgan fingerprint density at radius 3 is 3.00 bits per heavy atom. The summed E-state index contributed by atoms with van der Waals surface area (Å²) in [7, 11) is 3.48. The van der Waals surface area contributed by atoms with Crippen LogP contribution in [-0.2, 0) is 7.05 Å². The van der Waals surface area contributed by atoms with E-state index in [4.69, 9.17) is 4.74 Å². The van der Waals surface area contributed by atoms with Gasteiger partial charge in [-0.05, 0) is 18.2 Å². The summed E-state index contributed by atoms with van der Waals surface area (Å²) in [5, 5.41) is 9.76. The van der Waals surface area contributed by atoms with E-state index in [-0.39, 0.29) is 5.91 Å². The summed E-state index contributed by atoms with van der Waals surface area (Å²) in [6, 6.07) is 5.62. The molecule has 0 radical (unpaired) electrons. The molecule has 1 amide bonds. The van der Waals surface area contributed by atoms with E-state index in [1.165, 1.54) is 6.33 Å². The van der Waals surface area contributed by atoms with Crippen molar-refractivity contribution in [1.29, 1.82) is 0 Å². The molecular weight excluding hydrogens is 258 g/mol. The van der Waals surface area contributed by atoms with Crippen molar-refractivity contribution >= 4 is 22.8 Å². The van der Waals surface area contributed by atoms with Gasteiger partial charge in [-0.1, -0.05) is 0 Å². The van der Waals surface area contributed by atoms with Gasteiger partial charge in [0.2, 0.25) is 5.95 Å². The summed E-state index contributed by atoms with van der Waals surface area (Å²) in [6.45, 7) is 0. The minimum Gasteiger partial charge on any atom is -0.497 e. The highest BCUT2D eigenvalue weighted by atomic mass is 16.5. The predicted molar refractivity (Wildman–Crippen MR) is 73.8 cm³/mol. The number of hydrogen-bond donors (Lipinski definition) is 2. The van der Waals surface area contributed by atoms with Crippen LogP contribution >= 0.6 is 0 Å².